The summed E-state index contributed by atoms with van der Waals surface area (Å²) in [5.41, 5.74) is -3.45. The molecule has 10 N–H and O–H groups in total. The average Bonchev–Trinajstić information content (AvgIpc) is 0.668. The number of hydrogen-bond donors (Lipinski definition) is 9. The van der Waals surface area contributed by atoms with E-state index in [0.717, 1.165) is 11.8 Å². The van der Waals surface area contributed by atoms with Crippen LogP contribution in [0.25, 0.3) is 0 Å². The first-order chi connectivity index (χ1) is 49.6. The van der Waals surface area contributed by atoms with E-state index in [2.05, 4.69) is 26.6 Å². The number of aliphatic hydroxyl groups is 3. The SMILES string of the molecule is CC(=O)O[C@@]12CO[C@@H]1C[C@H](OC(=O)N(C)CCN(C)C(=O)OCc1ccc(NC(=O)[C@H](CCCNC(N)=O)NC(=O)[C@@H](NC(=O)CN(C)CC(=O)C(C)C)C(C)C)cc1)[C@@]1(C)C(=O)[C@H](O)C3=C(C)[C@@H](OC(=O)[C@H](O)[C@@H](NC(=O)OC(C)(C)C)c4ccccc4)C[C@@](O)([C@@H](OC(=O)c4ccccc4)[C@H]21)C3(C)C. The third-order valence-corrected chi connectivity index (χ3v) is 20.1. The number of alkyl carbamates (subject to hydrolysis) is 1. The number of nitrogens with zero attached hydrogens (tertiary/aromatic N) is 3. The van der Waals surface area contributed by atoms with Crippen LogP contribution in [0.5, 0.6) is 0 Å². The number of amides is 8. The highest BCUT2D eigenvalue weighted by atomic mass is 16.6. The number of fused-ring (bicyclic) bond motifs is 5. The van der Waals surface area contributed by atoms with Gasteiger partial charge in [-0.1, -0.05) is 102 Å². The lowest BCUT2D eigenvalue weighted by atomic mass is 9.44. The number of carbonyl (C=O) groups excluding carboxylic acids is 12. The second-order valence-electron chi connectivity index (χ2n) is 30.1. The van der Waals surface area contributed by atoms with Crippen LogP contribution < -0.4 is 32.3 Å². The monoisotopic (exact) mass is 1480 g/mol. The summed E-state index contributed by atoms with van der Waals surface area (Å²) in [5.74, 6) is -8.53. The first kappa shape index (κ1) is 83.7. The van der Waals surface area contributed by atoms with Crippen LogP contribution in [-0.4, -0.2) is 228 Å². The Balaban J connectivity index is 1.08. The van der Waals surface area contributed by atoms with Gasteiger partial charge in [-0.15, -0.1) is 0 Å². The number of hydrogen-bond acceptors (Lipinski definition) is 23. The molecule has 2 bridgehead atoms. The van der Waals surface area contributed by atoms with Gasteiger partial charge in [0.2, 0.25) is 17.7 Å². The van der Waals surface area contributed by atoms with E-state index < -0.39 is 173 Å². The van der Waals surface area contributed by atoms with Gasteiger partial charge in [0.25, 0.3) is 0 Å². The van der Waals surface area contributed by atoms with Crippen molar-refractivity contribution in [3.8, 4) is 0 Å². The minimum atomic E-state index is -2.56. The molecule has 13 atom stereocenters. The smallest absolute Gasteiger partial charge is 0.409 e. The highest BCUT2D eigenvalue weighted by Gasteiger charge is 2.79. The maximum atomic E-state index is 16.1. The first-order valence-electron chi connectivity index (χ1n) is 35.3. The first-order valence-corrected chi connectivity index (χ1v) is 35.3. The largest absolute Gasteiger partial charge is 0.456 e. The van der Waals surface area contributed by atoms with Crippen LogP contribution >= 0.6 is 0 Å². The molecule has 1 heterocycles. The fraction of sp³-hybridized carbons (Fsp3) is 0.573. The molecule has 0 aromatic heterocycles. The number of aliphatic hydroxyl groups excluding tert-OH is 2. The molecule has 0 unspecified atom stereocenters. The maximum absolute atomic E-state index is 16.1. The zero-order chi connectivity index (χ0) is 78.7. The summed E-state index contributed by atoms with van der Waals surface area (Å²) >= 11 is 0. The van der Waals surface area contributed by atoms with Crippen LogP contribution in [-0.2, 0) is 73.3 Å². The highest BCUT2D eigenvalue weighted by molar-refractivity contribution is 5.99. The van der Waals surface area contributed by atoms with Crippen molar-refractivity contribution in [2.75, 3.05) is 65.8 Å². The number of primary amides is 1. The molecule has 0 spiro atoms. The van der Waals surface area contributed by atoms with Crippen molar-refractivity contribution in [2.45, 2.75) is 187 Å². The Labute approximate surface area is 616 Å². The number of urea groups is 1. The Kier molecular flexibility index (Phi) is 27.5. The standard InChI is InChI=1S/C75H103N9O22/c1-41(2)50(86)37-82(13)38-54(87)80-56(42(3)4)64(92)79-49(27-22-32-77-67(76)95)63(91)78-48-30-28-45(29-31-48)39-100-69(97)83(14)33-34-84(15)70(98)103-52-35-53-74(40-101-53,105-44(6)85)60-62(104-65(93)47-25-20-17-21-26-47)75(99)36-51(43(5)55(72(75,10)11)58(88)61(90)73(52,60)12)102-66(94)59(89)57(46-23-18-16-19-24-46)81-68(96)106-71(7,8)9/h16-21,23-26,28-31,41-42,49,51-53,56-60,62,88-89,99H,22,27,32-40H2,1-15H3,(H,78,91)(H,79,92)(H,80,87)(H,81,96)(H3,76,77,95)/t49-,51-,52-,53+,56-,57-,58+,59+,60-,62-,73+,74-,75+/m0/s1. The van der Waals surface area contributed by atoms with E-state index in [0.29, 0.717) is 11.3 Å². The number of benzene rings is 3. The molecule has 0 radical (unpaired) electrons. The lowest BCUT2D eigenvalue weighted by Gasteiger charge is -2.67. The fourth-order valence-corrected chi connectivity index (χ4v) is 14.1. The number of nitrogens with one attached hydrogen (secondary N) is 5. The molecule has 7 rings (SSSR count). The predicted octanol–water partition coefficient (Wildman–Crippen LogP) is 4.77. The lowest BCUT2D eigenvalue weighted by Crippen LogP contribution is -2.82. The van der Waals surface area contributed by atoms with E-state index in [1.165, 1.54) is 75.9 Å². The molecule has 3 aromatic rings. The number of carbonyl (C=O) groups is 12. The molecule has 31 heteroatoms. The number of nitrogens with two attached hydrogens (primary N) is 1. The number of ketones is 2. The molecule has 3 aliphatic carbocycles. The van der Waals surface area contributed by atoms with Gasteiger partial charge in [-0.25, -0.2) is 28.8 Å². The van der Waals surface area contributed by atoms with Crippen molar-refractivity contribution in [2.24, 2.45) is 34.3 Å². The van der Waals surface area contributed by atoms with Gasteiger partial charge < -0.3 is 90.6 Å². The summed E-state index contributed by atoms with van der Waals surface area (Å²) < 4.78 is 42.4. The summed E-state index contributed by atoms with van der Waals surface area (Å²) in [6.45, 7) is 17.6. The van der Waals surface area contributed by atoms with Crippen molar-refractivity contribution < 1.29 is 106 Å². The van der Waals surface area contributed by atoms with Crippen LogP contribution in [0.1, 0.15) is 136 Å². The van der Waals surface area contributed by atoms with Crippen molar-refractivity contribution in [3.63, 3.8) is 0 Å². The van der Waals surface area contributed by atoms with Crippen LogP contribution in [0.2, 0.25) is 0 Å². The highest BCUT2D eigenvalue weighted by Crippen LogP contribution is 2.65. The quantitative estimate of drug-likeness (QED) is 0.0195. The Morgan fingerprint density at radius 3 is 1.96 bits per heavy atom. The van der Waals surface area contributed by atoms with Crippen LogP contribution in [0.4, 0.5) is 24.9 Å². The van der Waals surface area contributed by atoms with Crippen molar-refractivity contribution in [1.29, 1.82) is 0 Å². The van der Waals surface area contributed by atoms with Crippen molar-refractivity contribution >= 4 is 77.2 Å². The molecule has 8 amide bonds. The van der Waals surface area contributed by atoms with Gasteiger partial charge in [-0.3, -0.25) is 33.7 Å². The Hall–Kier alpha value is -9.56. The fourth-order valence-electron chi connectivity index (χ4n) is 14.1. The normalized spacial score (nSPS) is 24.1. The molecule has 1 saturated heterocycles. The second kappa shape index (κ2) is 34.8. The average molecular weight is 1480 g/mol. The van der Waals surface area contributed by atoms with Gasteiger partial charge in [-0.05, 0) is 107 Å². The molecule has 2 saturated carbocycles. The van der Waals surface area contributed by atoms with E-state index in [4.69, 9.17) is 38.9 Å². The van der Waals surface area contributed by atoms with E-state index in [9.17, 15) is 68.1 Å². The van der Waals surface area contributed by atoms with Crippen molar-refractivity contribution in [1.82, 2.24) is 36.0 Å². The predicted molar refractivity (Wildman–Crippen MR) is 381 cm³/mol. The number of rotatable bonds is 29. The molecule has 580 valence electrons. The third-order valence-electron chi connectivity index (χ3n) is 20.1. The Morgan fingerprint density at radius 1 is 0.783 bits per heavy atom. The zero-order valence-corrected chi connectivity index (χ0v) is 62.8. The molecule has 31 nitrogen and oxygen atoms in total. The summed E-state index contributed by atoms with van der Waals surface area (Å²) in [5, 5.41) is 52.0. The van der Waals surface area contributed by atoms with E-state index >= 15 is 4.79 Å². The van der Waals surface area contributed by atoms with E-state index in [-0.39, 0.29) is 92.6 Å². The van der Waals surface area contributed by atoms with E-state index in [1.807, 2.05) is 0 Å². The van der Waals surface area contributed by atoms with Gasteiger partial charge in [0.15, 0.2) is 17.5 Å². The molecule has 4 aliphatic rings. The van der Waals surface area contributed by atoms with Gasteiger partial charge in [0, 0.05) is 70.5 Å². The minimum absolute atomic E-state index is 0.0194. The zero-order valence-electron chi connectivity index (χ0n) is 62.8. The van der Waals surface area contributed by atoms with Gasteiger partial charge in [0.05, 0.1) is 42.6 Å². The summed E-state index contributed by atoms with van der Waals surface area (Å²) in [6, 6.07) is 17.4. The van der Waals surface area contributed by atoms with Crippen molar-refractivity contribution in [3.05, 3.63) is 113 Å². The number of likely N-dealkylation sites (N-methyl/N-ethyl adjacent to an activating group) is 3. The second-order valence-corrected chi connectivity index (χ2v) is 30.1. The number of Topliss-reactive ketones (excluding diaryl/α,β-unsaturated/α-hetero) is 2. The number of ether oxygens (including phenoxy) is 7. The molecular weight excluding hydrogens is 1380 g/mol. The number of anilines is 1. The molecule has 3 fully saturated rings. The molecule has 106 heavy (non-hydrogen) atoms. The topological polar surface area (TPSA) is 426 Å². The summed E-state index contributed by atoms with van der Waals surface area (Å²) in [7, 11) is 4.37. The maximum Gasteiger partial charge on any atom is 0.409 e. The lowest BCUT2D eigenvalue weighted by molar-refractivity contribution is -0.345. The minimum Gasteiger partial charge on any atom is -0.456 e. The summed E-state index contributed by atoms with van der Waals surface area (Å²) in [6.07, 6.45) is -14.4. The van der Waals surface area contributed by atoms with Gasteiger partial charge >= 0.3 is 42.2 Å². The Morgan fingerprint density at radius 2 is 1.40 bits per heavy atom. The van der Waals surface area contributed by atoms with Crippen LogP contribution in [0, 0.1) is 28.6 Å². The Bertz CT molecular complexity index is 3760. The van der Waals surface area contributed by atoms with Crippen LogP contribution in [0.3, 0.4) is 0 Å². The number of esters is 3. The van der Waals surface area contributed by atoms with Gasteiger partial charge in [-0.2, -0.15) is 0 Å². The molecule has 1 aliphatic heterocycles. The van der Waals surface area contributed by atoms with Crippen LogP contribution in [0.15, 0.2) is 96.1 Å². The molecular formula is C75H103N9O22. The van der Waals surface area contributed by atoms with Gasteiger partial charge in [0.1, 0.15) is 66.2 Å². The van der Waals surface area contributed by atoms with E-state index in [1.54, 1.807) is 116 Å². The molecule has 3 aromatic carbocycles. The summed E-state index contributed by atoms with van der Waals surface area (Å²) in [4.78, 5) is 168. The third kappa shape index (κ3) is 19.5.